The van der Waals surface area contributed by atoms with Gasteiger partial charge in [0.1, 0.15) is 5.82 Å². The number of carbonyl (C=O) groups excluding carboxylic acids is 1. The van der Waals surface area contributed by atoms with Crippen molar-refractivity contribution in [1.29, 1.82) is 0 Å². The van der Waals surface area contributed by atoms with E-state index in [9.17, 15) is 9.18 Å². The molecule has 0 atom stereocenters. The molecular formula is C27H32ClFN4O. The fourth-order valence-corrected chi connectivity index (χ4v) is 5.53. The zero-order chi connectivity index (χ0) is 23.8. The van der Waals surface area contributed by atoms with Gasteiger partial charge in [0.05, 0.1) is 0 Å². The van der Waals surface area contributed by atoms with Gasteiger partial charge in [0, 0.05) is 79.0 Å². The average Bonchev–Trinajstić information content (AvgIpc) is 3.39. The number of hydrogen-bond donors (Lipinski definition) is 0. The number of aromatic nitrogens is 1. The third-order valence-electron chi connectivity index (χ3n) is 7.34. The fraction of sp³-hybridized carbons (Fsp3) is 0.444. The zero-order valence-electron chi connectivity index (χ0n) is 19.9. The molecule has 0 spiro atoms. The first kappa shape index (κ1) is 23.2. The van der Waals surface area contributed by atoms with Gasteiger partial charge in [-0.15, -0.1) is 0 Å². The predicted octanol–water partition coefficient (Wildman–Crippen LogP) is 5.88. The van der Waals surface area contributed by atoms with E-state index < -0.39 is 0 Å². The molecule has 2 saturated heterocycles. The van der Waals surface area contributed by atoms with Gasteiger partial charge in [-0.1, -0.05) is 23.7 Å². The number of likely N-dealkylation sites (tertiary alicyclic amines) is 1. The van der Waals surface area contributed by atoms with E-state index in [-0.39, 0.29) is 17.9 Å². The van der Waals surface area contributed by atoms with Crippen molar-refractivity contribution in [3.05, 3.63) is 59.5 Å². The van der Waals surface area contributed by atoms with Crippen LogP contribution in [0.1, 0.15) is 32.7 Å². The summed E-state index contributed by atoms with van der Waals surface area (Å²) in [6.45, 7) is 9.56. The number of benzene rings is 2. The molecule has 0 unspecified atom stereocenters. The molecule has 0 N–H and O–H groups in total. The topological polar surface area (TPSA) is 31.7 Å². The Morgan fingerprint density at radius 3 is 2.41 bits per heavy atom. The largest absolute Gasteiger partial charge is 0.344 e. The van der Waals surface area contributed by atoms with Crippen molar-refractivity contribution in [3.63, 3.8) is 0 Å². The van der Waals surface area contributed by atoms with Crippen LogP contribution < -0.4 is 0 Å². The van der Waals surface area contributed by atoms with Crippen molar-refractivity contribution in [2.45, 2.75) is 38.8 Å². The summed E-state index contributed by atoms with van der Waals surface area (Å²) < 4.78 is 15.9. The standard InChI is InChI=1S/C27H32ClFN4O/c1-19(2)32-16-15-31(27(32)34)14-13-30-11-9-23(10-12-30)33-18-25(20-3-6-22(29)7-4-20)24-17-21(28)5-8-26(24)33/h3-8,17-19,23H,9-16H2,1-2H3. The van der Waals surface area contributed by atoms with Crippen LogP contribution >= 0.6 is 11.6 Å². The second-order valence-corrected chi connectivity index (χ2v) is 10.2. The number of halogens is 2. The normalized spacial score (nSPS) is 18.1. The van der Waals surface area contributed by atoms with Crippen LogP contribution in [-0.2, 0) is 0 Å². The highest BCUT2D eigenvalue weighted by Gasteiger charge is 2.30. The summed E-state index contributed by atoms with van der Waals surface area (Å²) in [4.78, 5) is 19.0. The van der Waals surface area contributed by atoms with Crippen LogP contribution in [0.3, 0.4) is 0 Å². The molecule has 0 aliphatic carbocycles. The molecule has 0 radical (unpaired) electrons. The first-order valence-corrected chi connectivity index (χ1v) is 12.6. The summed E-state index contributed by atoms with van der Waals surface area (Å²) in [6, 6.07) is 13.6. The Bertz CT molecular complexity index is 1170. The Kier molecular flexibility index (Phi) is 6.54. The molecule has 3 heterocycles. The maximum absolute atomic E-state index is 13.5. The smallest absolute Gasteiger partial charge is 0.320 e. The highest BCUT2D eigenvalue weighted by molar-refractivity contribution is 6.31. The van der Waals surface area contributed by atoms with Gasteiger partial charge in [-0.3, -0.25) is 0 Å². The molecule has 2 amide bonds. The van der Waals surface area contributed by atoms with E-state index in [0.717, 1.165) is 68.6 Å². The quantitative estimate of drug-likeness (QED) is 0.439. The number of urea groups is 1. The number of fused-ring (bicyclic) bond motifs is 1. The fourth-order valence-electron chi connectivity index (χ4n) is 5.36. The maximum Gasteiger partial charge on any atom is 0.320 e. The molecule has 180 valence electrons. The van der Waals surface area contributed by atoms with E-state index in [4.69, 9.17) is 11.6 Å². The van der Waals surface area contributed by atoms with Gasteiger partial charge in [-0.2, -0.15) is 0 Å². The first-order chi connectivity index (χ1) is 16.4. The molecule has 5 rings (SSSR count). The van der Waals surface area contributed by atoms with Crippen LogP contribution in [0.4, 0.5) is 9.18 Å². The second kappa shape index (κ2) is 9.59. The number of hydrogen-bond acceptors (Lipinski definition) is 2. The van der Waals surface area contributed by atoms with Gasteiger partial charge in [0.25, 0.3) is 0 Å². The van der Waals surface area contributed by atoms with Gasteiger partial charge >= 0.3 is 6.03 Å². The average molecular weight is 483 g/mol. The van der Waals surface area contributed by atoms with E-state index in [1.807, 2.05) is 34.1 Å². The molecule has 3 aromatic rings. The van der Waals surface area contributed by atoms with E-state index in [1.165, 1.54) is 17.6 Å². The number of piperidine rings is 1. The summed E-state index contributed by atoms with van der Waals surface area (Å²) in [6.07, 6.45) is 4.32. The summed E-state index contributed by atoms with van der Waals surface area (Å²) in [7, 11) is 0. The molecule has 2 aromatic carbocycles. The number of rotatable bonds is 6. The van der Waals surface area contributed by atoms with Crippen molar-refractivity contribution in [3.8, 4) is 11.1 Å². The van der Waals surface area contributed by atoms with Gasteiger partial charge in [0.15, 0.2) is 0 Å². The summed E-state index contributed by atoms with van der Waals surface area (Å²) in [5, 5.41) is 1.81. The lowest BCUT2D eigenvalue weighted by atomic mass is 10.0. The Labute approximate surface area is 205 Å². The van der Waals surface area contributed by atoms with E-state index >= 15 is 0 Å². The van der Waals surface area contributed by atoms with Crippen molar-refractivity contribution >= 4 is 28.5 Å². The molecule has 2 aliphatic heterocycles. The molecule has 0 saturated carbocycles. The summed E-state index contributed by atoms with van der Waals surface area (Å²) >= 11 is 6.34. The van der Waals surface area contributed by atoms with E-state index in [0.29, 0.717) is 11.1 Å². The second-order valence-electron chi connectivity index (χ2n) is 9.75. The highest BCUT2D eigenvalue weighted by Crippen LogP contribution is 2.36. The van der Waals surface area contributed by atoms with Crippen LogP contribution in [-0.4, -0.2) is 70.6 Å². The Hall–Kier alpha value is -2.57. The minimum absolute atomic E-state index is 0.177. The molecular weight excluding hydrogens is 451 g/mol. The molecule has 5 nitrogen and oxygen atoms in total. The van der Waals surface area contributed by atoms with Crippen molar-refractivity contribution in [1.82, 2.24) is 19.3 Å². The SMILES string of the molecule is CC(C)N1CCN(CCN2CCC(n3cc(-c4ccc(F)cc4)c4cc(Cl)ccc43)CC2)C1=O. The van der Waals surface area contributed by atoms with Crippen LogP contribution in [0.15, 0.2) is 48.7 Å². The minimum Gasteiger partial charge on any atom is -0.344 e. The summed E-state index contributed by atoms with van der Waals surface area (Å²) in [5.41, 5.74) is 3.25. The lowest BCUT2D eigenvalue weighted by molar-refractivity contribution is 0.158. The Morgan fingerprint density at radius 1 is 1.00 bits per heavy atom. The van der Waals surface area contributed by atoms with Gasteiger partial charge in [-0.25, -0.2) is 9.18 Å². The van der Waals surface area contributed by atoms with E-state index in [1.54, 1.807) is 0 Å². The Balaban J connectivity index is 1.27. The predicted molar refractivity (Wildman–Crippen MR) is 136 cm³/mol. The van der Waals surface area contributed by atoms with E-state index in [2.05, 4.69) is 35.6 Å². The molecule has 2 fully saturated rings. The monoisotopic (exact) mass is 482 g/mol. The van der Waals surface area contributed by atoms with Crippen molar-refractivity contribution < 1.29 is 9.18 Å². The van der Waals surface area contributed by atoms with Crippen molar-refractivity contribution in [2.75, 3.05) is 39.3 Å². The number of carbonyl (C=O) groups is 1. The third-order valence-corrected chi connectivity index (χ3v) is 7.57. The lowest BCUT2D eigenvalue weighted by Crippen LogP contribution is -2.42. The van der Waals surface area contributed by atoms with Crippen LogP contribution in [0.5, 0.6) is 0 Å². The van der Waals surface area contributed by atoms with Crippen LogP contribution in [0.25, 0.3) is 22.0 Å². The molecule has 7 heteroatoms. The van der Waals surface area contributed by atoms with Crippen LogP contribution in [0, 0.1) is 5.82 Å². The molecule has 1 aromatic heterocycles. The highest BCUT2D eigenvalue weighted by atomic mass is 35.5. The zero-order valence-corrected chi connectivity index (χ0v) is 20.6. The number of amides is 2. The molecule has 2 aliphatic rings. The van der Waals surface area contributed by atoms with Gasteiger partial charge in [0.2, 0.25) is 0 Å². The first-order valence-electron chi connectivity index (χ1n) is 12.2. The lowest BCUT2D eigenvalue weighted by Gasteiger charge is -2.34. The van der Waals surface area contributed by atoms with Gasteiger partial charge in [-0.05, 0) is 62.6 Å². The molecule has 0 bridgehead atoms. The van der Waals surface area contributed by atoms with Crippen molar-refractivity contribution in [2.24, 2.45) is 0 Å². The number of nitrogens with zero attached hydrogens (tertiary/aromatic N) is 4. The summed E-state index contributed by atoms with van der Waals surface area (Å²) in [5.74, 6) is -0.231. The maximum atomic E-state index is 13.5. The van der Waals surface area contributed by atoms with Crippen LogP contribution in [0.2, 0.25) is 5.02 Å². The molecule has 34 heavy (non-hydrogen) atoms. The Morgan fingerprint density at radius 2 is 1.74 bits per heavy atom. The third kappa shape index (κ3) is 4.53. The van der Waals surface area contributed by atoms with Gasteiger partial charge < -0.3 is 19.3 Å². The minimum atomic E-state index is -0.231.